The number of hydrogen-bond acceptors (Lipinski definition) is 2. The number of aliphatic hydroxyl groups is 1. The SMILES string of the molecule is CC(C(=O)Nc1ccc(F)cc1)C1(O)CCC(c2ccccc2)CC1. The molecule has 2 aromatic rings. The molecule has 1 amide bonds. The Kier molecular flexibility index (Phi) is 5.19. The second-order valence-corrected chi connectivity index (χ2v) is 7.01. The zero-order valence-corrected chi connectivity index (χ0v) is 14.4. The Hall–Kier alpha value is -2.20. The molecule has 0 aromatic heterocycles. The van der Waals surface area contributed by atoms with Crippen molar-refractivity contribution < 1.29 is 14.3 Å². The van der Waals surface area contributed by atoms with Crippen LogP contribution in [0.1, 0.15) is 44.1 Å². The molecule has 4 heteroatoms. The first-order valence-corrected chi connectivity index (χ1v) is 8.82. The van der Waals surface area contributed by atoms with E-state index in [0.717, 1.165) is 12.8 Å². The average molecular weight is 341 g/mol. The first-order valence-electron chi connectivity index (χ1n) is 8.82. The summed E-state index contributed by atoms with van der Waals surface area (Å²) in [6.07, 6.45) is 2.94. The van der Waals surface area contributed by atoms with Crippen molar-refractivity contribution in [3.05, 3.63) is 66.0 Å². The van der Waals surface area contributed by atoms with Gasteiger partial charge in [0.2, 0.25) is 5.91 Å². The van der Waals surface area contributed by atoms with Crippen LogP contribution in [0, 0.1) is 11.7 Å². The lowest BCUT2D eigenvalue weighted by Gasteiger charge is -2.39. The molecule has 1 aliphatic carbocycles. The minimum Gasteiger partial charge on any atom is -0.389 e. The number of rotatable bonds is 4. The van der Waals surface area contributed by atoms with Gasteiger partial charge in [0.25, 0.3) is 0 Å². The summed E-state index contributed by atoms with van der Waals surface area (Å²) in [6.45, 7) is 1.77. The number of carbonyl (C=O) groups is 1. The second kappa shape index (κ2) is 7.36. The molecule has 1 unspecified atom stereocenters. The highest BCUT2D eigenvalue weighted by molar-refractivity contribution is 5.93. The van der Waals surface area contributed by atoms with E-state index in [-0.39, 0.29) is 11.7 Å². The van der Waals surface area contributed by atoms with Crippen molar-refractivity contribution in [3.8, 4) is 0 Å². The first-order chi connectivity index (χ1) is 12.0. The van der Waals surface area contributed by atoms with E-state index in [4.69, 9.17) is 0 Å². The lowest BCUT2D eigenvalue weighted by atomic mass is 9.71. The quantitative estimate of drug-likeness (QED) is 0.861. The van der Waals surface area contributed by atoms with Crippen LogP contribution in [0.25, 0.3) is 0 Å². The van der Waals surface area contributed by atoms with Gasteiger partial charge in [0, 0.05) is 5.69 Å². The van der Waals surface area contributed by atoms with E-state index in [2.05, 4.69) is 17.4 Å². The summed E-state index contributed by atoms with van der Waals surface area (Å²) in [6, 6.07) is 16.0. The Morgan fingerprint density at radius 3 is 2.32 bits per heavy atom. The molecular formula is C21H24FNO2. The molecule has 0 saturated heterocycles. The topological polar surface area (TPSA) is 49.3 Å². The summed E-state index contributed by atoms with van der Waals surface area (Å²) in [5.74, 6) is -0.653. The minimum absolute atomic E-state index is 0.229. The Morgan fingerprint density at radius 1 is 1.12 bits per heavy atom. The number of benzene rings is 2. The molecule has 1 fully saturated rings. The molecule has 2 aromatic carbocycles. The summed E-state index contributed by atoms with van der Waals surface area (Å²) >= 11 is 0. The Bertz CT molecular complexity index is 706. The van der Waals surface area contributed by atoms with E-state index >= 15 is 0 Å². The van der Waals surface area contributed by atoms with Crippen molar-refractivity contribution >= 4 is 11.6 Å². The van der Waals surface area contributed by atoms with E-state index in [1.807, 2.05) is 18.2 Å². The normalized spacial score (nSPS) is 24.5. The summed E-state index contributed by atoms with van der Waals surface area (Å²) < 4.78 is 13.0. The van der Waals surface area contributed by atoms with Crippen LogP contribution in [0.5, 0.6) is 0 Å². The van der Waals surface area contributed by atoms with Gasteiger partial charge in [0.15, 0.2) is 0 Å². The van der Waals surface area contributed by atoms with Crippen LogP contribution in [-0.2, 0) is 4.79 Å². The standard InChI is InChI=1S/C21H24FNO2/c1-15(20(24)23-19-9-7-18(22)8-10-19)21(25)13-11-17(12-14-21)16-5-3-2-4-6-16/h2-10,15,17,25H,11-14H2,1H3,(H,23,24). The molecular weight excluding hydrogens is 317 g/mol. The predicted octanol–water partition coefficient (Wildman–Crippen LogP) is 4.49. The Balaban J connectivity index is 1.61. The zero-order chi connectivity index (χ0) is 17.9. The first kappa shape index (κ1) is 17.6. The van der Waals surface area contributed by atoms with Crippen LogP contribution in [0.3, 0.4) is 0 Å². The molecule has 0 aliphatic heterocycles. The molecule has 25 heavy (non-hydrogen) atoms. The minimum atomic E-state index is -0.991. The Morgan fingerprint density at radius 2 is 1.72 bits per heavy atom. The van der Waals surface area contributed by atoms with Gasteiger partial charge in [-0.05, 0) is 61.4 Å². The summed E-state index contributed by atoms with van der Waals surface area (Å²) in [7, 11) is 0. The van der Waals surface area contributed by atoms with E-state index in [1.54, 1.807) is 6.92 Å². The van der Waals surface area contributed by atoms with Gasteiger partial charge in [-0.3, -0.25) is 4.79 Å². The maximum Gasteiger partial charge on any atom is 0.230 e. The maximum atomic E-state index is 13.0. The molecule has 0 heterocycles. The third-order valence-corrected chi connectivity index (χ3v) is 5.43. The fourth-order valence-electron chi connectivity index (χ4n) is 3.64. The van der Waals surface area contributed by atoms with Crippen LogP contribution in [0.15, 0.2) is 54.6 Å². The number of nitrogens with one attached hydrogen (secondary N) is 1. The second-order valence-electron chi connectivity index (χ2n) is 7.01. The van der Waals surface area contributed by atoms with E-state index < -0.39 is 11.5 Å². The smallest absolute Gasteiger partial charge is 0.230 e. The number of carbonyl (C=O) groups excluding carboxylic acids is 1. The summed E-state index contributed by atoms with van der Waals surface area (Å²) in [4.78, 5) is 12.5. The molecule has 132 valence electrons. The molecule has 0 radical (unpaired) electrons. The van der Waals surface area contributed by atoms with Crippen molar-refractivity contribution in [3.63, 3.8) is 0 Å². The lowest BCUT2D eigenvalue weighted by molar-refractivity contribution is -0.131. The van der Waals surface area contributed by atoms with E-state index in [0.29, 0.717) is 24.4 Å². The van der Waals surface area contributed by atoms with Crippen molar-refractivity contribution in [2.75, 3.05) is 5.32 Å². The van der Waals surface area contributed by atoms with Crippen molar-refractivity contribution in [2.24, 2.45) is 5.92 Å². The molecule has 2 N–H and O–H groups in total. The molecule has 0 spiro atoms. The molecule has 3 nitrogen and oxygen atoms in total. The number of amides is 1. The van der Waals surface area contributed by atoms with Crippen LogP contribution in [0.4, 0.5) is 10.1 Å². The monoisotopic (exact) mass is 341 g/mol. The average Bonchev–Trinajstić information content (AvgIpc) is 2.64. The lowest BCUT2D eigenvalue weighted by Crippen LogP contribution is -2.45. The number of hydrogen-bond donors (Lipinski definition) is 2. The van der Waals surface area contributed by atoms with Gasteiger partial charge in [-0.25, -0.2) is 4.39 Å². The van der Waals surface area contributed by atoms with E-state index in [9.17, 15) is 14.3 Å². The van der Waals surface area contributed by atoms with Gasteiger partial charge in [-0.15, -0.1) is 0 Å². The number of halogens is 1. The predicted molar refractivity (Wildman–Crippen MR) is 96.8 cm³/mol. The van der Waals surface area contributed by atoms with Gasteiger partial charge in [0.1, 0.15) is 5.82 Å². The van der Waals surface area contributed by atoms with Crippen LogP contribution < -0.4 is 5.32 Å². The maximum absolute atomic E-state index is 13.0. The van der Waals surface area contributed by atoms with Crippen LogP contribution in [-0.4, -0.2) is 16.6 Å². The highest BCUT2D eigenvalue weighted by Gasteiger charge is 2.41. The van der Waals surface area contributed by atoms with Gasteiger partial charge < -0.3 is 10.4 Å². The summed E-state index contributed by atoms with van der Waals surface area (Å²) in [5.41, 5.74) is 0.850. The van der Waals surface area contributed by atoms with Crippen molar-refractivity contribution in [1.29, 1.82) is 0 Å². The zero-order valence-electron chi connectivity index (χ0n) is 14.4. The number of anilines is 1. The van der Waals surface area contributed by atoms with Crippen molar-refractivity contribution in [1.82, 2.24) is 0 Å². The molecule has 1 saturated carbocycles. The van der Waals surface area contributed by atoms with Gasteiger partial charge in [-0.2, -0.15) is 0 Å². The Labute approximate surface area is 147 Å². The van der Waals surface area contributed by atoms with Gasteiger partial charge in [0.05, 0.1) is 11.5 Å². The van der Waals surface area contributed by atoms with Crippen LogP contribution in [0.2, 0.25) is 0 Å². The third kappa shape index (κ3) is 4.07. The molecule has 3 rings (SSSR count). The third-order valence-electron chi connectivity index (χ3n) is 5.43. The largest absolute Gasteiger partial charge is 0.389 e. The summed E-state index contributed by atoms with van der Waals surface area (Å²) in [5, 5.41) is 13.7. The highest BCUT2D eigenvalue weighted by atomic mass is 19.1. The highest BCUT2D eigenvalue weighted by Crippen LogP contribution is 2.41. The molecule has 1 aliphatic rings. The van der Waals surface area contributed by atoms with Gasteiger partial charge >= 0.3 is 0 Å². The molecule has 0 bridgehead atoms. The molecule has 1 atom stereocenters. The van der Waals surface area contributed by atoms with Gasteiger partial charge in [-0.1, -0.05) is 37.3 Å². The van der Waals surface area contributed by atoms with Crippen LogP contribution >= 0.6 is 0 Å². The van der Waals surface area contributed by atoms with Crippen molar-refractivity contribution in [2.45, 2.75) is 44.1 Å². The van der Waals surface area contributed by atoms with E-state index in [1.165, 1.54) is 29.8 Å². The fraction of sp³-hybridized carbons (Fsp3) is 0.381. The fourth-order valence-corrected chi connectivity index (χ4v) is 3.64.